The van der Waals surface area contributed by atoms with Gasteiger partial charge in [-0.05, 0) is 48.3 Å². The summed E-state index contributed by atoms with van der Waals surface area (Å²) in [5.41, 5.74) is 0. The highest BCUT2D eigenvalue weighted by Crippen LogP contribution is 2.19. The summed E-state index contributed by atoms with van der Waals surface area (Å²) in [6.07, 6.45) is 1.27. The minimum atomic E-state index is 0.669. The van der Waals surface area contributed by atoms with Gasteiger partial charge in [0.2, 0.25) is 0 Å². The third kappa shape index (κ3) is 6.32. The molecular formula is C14H25BrN2S. The second-order valence-electron chi connectivity index (χ2n) is 5.37. The number of nitrogens with one attached hydrogen (secondary N) is 1. The highest BCUT2D eigenvalue weighted by atomic mass is 79.9. The highest BCUT2D eigenvalue weighted by Gasteiger charge is 2.10. The van der Waals surface area contributed by atoms with Crippen LogP contribution in [0.4, 0.5) is 0 Å². The molecule has 1 heterocycles. The lowest BCUT2D eigenvalue weighted by Crippen LogP contribution is -2.35. The second-order valence-corrected chi connectivity index (χ2v) is 7.28. The molecule has 0 bridgehead atoms. The summed E-state index contributed by atoms with van der Waals surface area (Å²) in [6, 6.07) is 2.85. The van der Waals surface area contributed by atoms with E-state index in [0.717, 1.165) is 25.6 Å². The summed E-state index contributed by atoms with van der Waals surface area (Å²) < 4.78 is 1.19. The third-order valence-corrected chi connectivity index (χ3v) is 4.82. The molecule has 0 radical (unpaired) electrons. The standard InChI is InChI=1S/C14H25BrN2S/c1-11(2)7-12(3)17(4)6-5-16-9-14-8-13(15)10-18-14/h8,10-12,16H,5-7,9H2,1-4H3. The second kappa shape index (κ2) is 8.31. The van der Waals surface area contributed by atoms with Crippen LogP contribution in [-0.4, -0.2) is 31.1 Å². The average Bonchev–Trinajstić information content (AvgIpc) is 2.69. The van der Waals surface area contributed by atoms with Crippen LogP contribution < -0.4 is 5.32 Å². The van der Waals surface area contributed by atoms with E-state index in [-0.39, 0.29) is 0 Å². The van der Waals surface area contributed by atoms with Crippen molar-refractivity contribution in [2.75, 3.05) is 20.1 Å². The Morgan fingerprint density at radius 2 is 2.11 bits per heavy atom. The van der Waals surface area contributed by atoms with Gasteiger partial charge < -0.3 is 10.2 Å². The number of likely N-dealkylation sites (N-methyl/N-ethyl adjacent to an activating group) is 1. The smallest absolute Gasteiger partial charge is 0.0300 e. The maximum atomic E-state index is 3.50. The molecule has 0 amide bonds. The molecular weight excluding hydrogens is 308 g/mol. The van der Waals surface area contributed by atoms with E-state index in [9.17, 15) is 0 Å². The molecule has 18 heavy (non-hydrogen) atoms. The SMILES string of the molecule is CC(C)CC(C)N(C)CCNCc1cc(Br)cs1. The van der Waals surface area contributed by atoms with Gasteiger partial charge in [-0.15, -0.1) is 11.3 Å². The van der Waals surface area contributed by atoms with Crippen molar-refractivity contribution in [1.29, 1.82) is 0 Å². The summed E-state index contributed by atoms with van der Waals surface area (Å²) >= 11 is 5.28. The third-order valence-electron chi connectivity index (χ3n) is 3.13. The van der Waals surface area contributed by atoms with Crippen LogP contribution in [0.15, 0.2) is 15.9 Å². The Bertz CT molecular complexity index is 338. The van der Waals surface area contributed by atoms with Crippen LogP contribution in [0.2, 0.25) is 0 Å². The topological polar surface area (TPSA) is 15.3 Å². The summed E-state index contributed by atoms with van der Waals surface area (Å²) in [7, 11) is 2.22. The lowest BCUT2D eigenvalue weighted by atomic mass is 10.0. The van der Waals surface area contributed by atoms with Crippen LogP contribution in [0.1, 0.15) is 32.1 Å². The zero-order valence-corrected chi connectivity index (χ0v) is 14.3. The Morgan fingerprint density at radius 3 is 2.67 bits per heavy atom. The monoisotopic (exact) mass is 332 g/mol. The van der Waals surface area contributed by atoms with E-state index in [1.54, 1.807) is 11.3 Å². The molecule has 0 saturated carbocycles. The van der Waals surface area contributed by atoms with Crippen LogP contribution in [0.25, 0.3) is 0 Å². The van der Waals surface area contributed by atoms with Gasteiger partial charge in [0.25, 0.3) is 0 Å². The van der Waals surface area contributed by atoms with E-state index in [2.05, 4.69) is 65.4 Å². The van der Waals surface area contributed by atoms with E-state index in [1.807, 2.05) is 0 Å². The van der Waals surface area contributed by atoms with Gasteiger partial charge in [0, 0.05) is 40.4 Å². The first-order chi connectivity index (χ1) is 8.49. The molecule has 1 aromatic rings. The zero-order chi connectivity index (χ0) is 13.5. The summed E-state index contributed by atoms with van der Waals surface area (Å²) in [5.74, 6) is 0.777. The molecule has 2 nitrogen and oxygen atoms in total. The van der Waals surface area contributed by atoms with Crippen molar-refractivity contribution in [3.63, 3.8) is 0 Å². The normalized spacial score (nSPS) is 13.5. The van der Waals surface area contributed by atoms with Gasteiger partial charge in [0.05, 0.1) is 0 Å². The van der Waals surface area contributed by atoms with Gasteiger partial charge in [-0.3, -0.25) is 0 Å². The molecule has 0 aromatic carbocycles. The first-order valence-corrected chi connectivity index (χ1v) is 8.30. The van der Waals surface area contributed by atoms with Crippen molar-refractivity contribution in [3.05, 3.63) is 20.8 Å². The van der Waals surface area contributed by atoms with Gasteiger partial charge >= 0.3 is 0 Å². The van der Waals surface area contributed by atoms with Crippen molar-refractivity contribution in [1.82, 2.24) is 10.2 Å². The maximum absolute atomic E-state index is 3.50. The predicted molar refractivity (Wildman–Crippen MR) is 85.3 cm³/mol. The molecule has 0 aliphatic rings. The summed E-state index contributed by atoms with van der Waals surface area (Å²) in [4.78, 5) is 3.83. The molecule has 0 aliphatic carbocycles. The van der Waals surface area contributed by atoms with Crippen LogP contribution in [-0.2, 0) is 6.54 Å². The van der Waals surface area contributed by atoms with Gasteiger partial charge in [0.1, 0.15) is 0 Å². The predicted octanol–water partition coefficient (Wildman–Crippen LogP) is 3.97. The Hall–Kier alpha value is 0.1000. The number of hydrogen-bond acceptors (Lipinski definition) is 3. The highest BCUT2D eigenvalue weighted by molar-refractivity contribution is 9.10. The largest absolute Gasteiger partial charge is 0.311 e. The molecule has 104 valence electrons. The van der Waals surface area contributed by atoms with Gasteiger partial charge in [-0.25, -0.2) is 0 Å². The van der Waals surface area contributed by atoms with Crippen molar-refractivity contribution in [2.45, 2.75) is 39.8 Å². The minimum absolute atomic E-state index is 0.669. The molecule has 1 aromatic heterocycles. The molecule has 1 unspecified atom stereocenters. The van der Waals surface area contributed by atoms with Crippen molar-refractivity contribution in [3.8, 4) is 0 Å². The fraction of sp³-hybridized carbons (Fsp3) is 0.714. The van der Waals surface area contributed by atoms with E-state index in [4.69, 9.17) is 0 Å². The van der Waals surface area contributed by atoms with Crippen molar-refractivity contribution >= 4 is 27.3 Å². The molecule has 0 aliphatic heterocycles. The molecule has 1 N–H and O–H groups in total. The number of thiophene rings is 1. The fourth-order valence-electron chi connectivity index (χ4n) is 2.00. The van der Waals surface area contributed by atoms with Crippen LogP contribution >= 0.6 is 27.3 Å². The Balaban J connectivity index is 2.13. The van der Waals surface area contributed by atoms with Crippen LogP contribution in [0.5, 0.6) is 0 Å². The molecule has 0 saturated heterocycles. The van der Waals surface area contributed by atoms with Gasteiger partial charge in [0.15, 0.2) is 0 Å². The maximum Gasteiger partial charge on any atom is 0.0300 e. The van der Waals surface area contributed by atoms with Crippen molar-refractivity contribution < 1.29 is 0 Å². The molecule has 0 spiro atoms. The van der Waals surface area contributed by atoms with Crippen molar-refractivity contribution in [2.24, 2.45) is 5.92 Å². The lowest BCUT2D eigenvalue weighted by molar-refractivity contribution is 0.228. The van der Waals surface area contributed by atoms with Gasteiger partial charge in [-0.2, -0.15) is 0 Å². The fourth-order valence-corrected chi connectivity index (χ4v) is 3.42. The summed E-state index contributed by atoms with van der Waals surface area (Å²) in [6.45, 7) is 10.0. The number of hydrogen-bond donors (Lipinski definition) is 1. The lowest BCUT2D eigenvalue weighted by Gasteiger charge is -2.26. The molecule has 1 rings (SSSR count). The Kier molecular flexibility index (Phi) is 7.46. The Labute approximate surface area is 124 Å². The van der Waals surface area contributed by atoms with E-state index < -0.39 is 0 Å². The first-order valence-electron chi connectivity index (χ1n) is 6.63. The Morgan fingerprint density at radius 1 is 1.39 bits per heavy atom. The quantitative estimate of drug-likeness (QED) is 0.724. The molecule has 4 heteroatoms. The summed E-state index contributed by atoms with van der Waals surface area (Å²) in [5, 5.41) is 5.63. The van der Waals surface area contributed by atoms with E-state index >= 15 is 0 Å². The average molecular weight is 333 g/mol. The molecule has 0 fully saturated rings. The van der Waals surface area contributed by atoms with Gasteiger partial charge in [-0.1, -0.05) is 13.8 Å². The minimum Gasteiger partial charge on any atom is -0.311 e. The first kappa shape index (κ1) is 16.2. The number of rotatable bonds is 8. The number of halogens is 1. The van der Waals surface area contributed by atoms with E-state index in [1.165, 1.54) is 15.8 Å². The van der Waals surface area contributed by atoms with Crippen LogP contribution in [0, 0.1) is 5.92 Å². The van der Waals surface area contributed by atoms with Crippen LogP contribution in [0.3, 0.4) is 0 Å². The molecule has 1 atom stereocenters. The number of nitrogens with zero attached hydrogens (tertiary/aromatic N) is 1. The zero-order valence-electron chi connectivity index (χ0n) is 11.9. The van der Waals surface area contributed by atoms with E-state index in [0.29, 0.717) is 6.04 Å².